The lowest BCUT2D eigenvalue weighted by Gasteiger charge is -2.19. The van der Waals surface area contributed by atoms with Crippen LogP contribution in [0.4, 0.5) is 0 Å². The van der Waals surface area contributed by atoms with Crippen molar-refractivity contribution in [1.82, 2.24) is 0 Å². The molecule has 0 spiro atoms. The maximum atomic E-state index is 11.1. The number of nitrogens with two attached hydrogens (primary N) is 1. The average Bonchev–Trinajstić information content (AvgIpc) is 2.49. The lowest BCUT2D eigenvalue weighted by molar-refractivity contribution is -0.142. The Morgan fingerprint density at radius 3 is 2.36 bits per heavy atom. The van der Waals surface area contributed by atoms with Crippen molar-refractivity contribution in [2.24, 2.45) is 17.6 Å². The lowest BCUT2D eigenvalue weighted by atomic mass is 9.88. The van der Waals surface area contributed by atoms with Crippen LogP contribution in [-0.4, -0.2) is 17.6 Å². The van der Waals surface area contributed by atoms with E-state index in [9.17, 15) is 4.79 Å². The Kier molecular flexibility index (Phi) is 8.29. The van der Waals surface area contributed by atoms with Gasteiger partial charge in [0.05, 0.1) is 26.0 Å². The molecule has 3 N–H and O–H groups in total. The Balaban J connectivity index is 2.77. The van der Waals surface area contributed by atoms with Crippen LogP contribution in [0.3, 0.4) is 0 Å². The number of benzene rings is 1. The fraction of sp³-hybridized carbons (Fsp3) is 0.533. The molecule has 0 saturated heterocycles. The van der Waals surface area contributed by atoms with Crippen molar-refractivity contribution >= 4 is 52.4 Å². The second-order valence-corrected chi connectivity index (χ2v) is 6.82. The molecule has 0 aliphatic heterocycles. The Morgan fingerprint density at radius 1 is 1.23 bits per heavy atom. The topological polar surface area (TPSA) is 63.3 Å². The van der Waals surface area contributed by atoms with Crippen molar-refractivity contribution in [2.45, 2.75) is 32.6 Å². The van der Waals surface area contributed by atoms with E-state index in [4.69, 9.17) is 57.2 Å². The molecule has 0 aromatic heterocycles. The second-order valence-electron chi connectivity index (χ2n) is 5.28. The van der Waals surface area contributed by atoms with Gasteiger partial charge in [-0.3, -0.25) is 4.79 Å². The van der Waals surface area contributed by atoms with Crippen LogP contribution in [0, 0.1) is 11.8 Å². The number of hydrogen-bond acceptors (Lipinski definition) is 2. The van der Waals surface area contributed by atoms with Crippen molar-refractivity contribution in [2.75, 3.05) is 6.54 Å². The van der Waals surface area contributed by atoms with E-state index in [1.54, 1.807) is 6.07 Å². The lowest BCUT2D eigenvalue weighted by Crippen LogP contribution is -2.26. The van der Waals surface area contributed by atoms with E-state index < -0.39 is 11.9 Å². The molecule has 0 fully saturated rings. The molecule has 3 nitrogen and oxygen atoms in total. The van der Waals surface area contributed by atoms with Gasteiger partial charge in [0, 0.05) is 6.54 Å². The smallest absolute Gasteiger partial charge is 0.307 e. The third-order valence-electron chi connectivity index (χ3n) is 3.83. The molecule has 1 rings (SSSR count). The van der Waals surface area contributed by atoms with Gasteiger partial charge in [-0.15, -0.1) is 0 Å². The summed E-state index contributed by atoms with van der Waals surface area (Å²) in [5, 5.41) is 10.4. The highest BCUT2D eigenvalue weighted by molar-refractivity contribution is 6.51. The Labute approximate surface area is 150 Å². The van der Waals surface area contributed by atoms with Gasteiger partial charge in [0.25, 0.3) is 0 Å². The van der Waals surface area contributed by atoms with Crippen LogP contribution in [0.5, 0.6) is 0 Å². The first-order valence-electron chi connectivity index (χ1n) is 7.06. The van der Waals surface area contributed by atoms with Gasteiger partial charge in [-0.1, -0.05) is 59.7 Å². The molecule has 2 atom stereocenters. The Morgan fingerprint density at radius 2 is 1.86 bits per heavy atom. The molecule has 2 unspecified atom stereocenters. The van der Waals surface area contributed by atoms with E-state index in [0.29, 0.717) is 22.9 Å². The number of aryl methyl sites for hydroxylation is 1. The van der Waals surface area contributed by atoms with Crippen molar-refractivity contribution in [3.8, 4) is 0 Å². The summed E-state index contributed by atoms with van der Waals surface area (Å²) in [4.78, 5) is 11.1. The van der Waals surface area contributed by atoms with E-state index in [1.165, 1.54) is 0 Å². The standard InChI is InChI=1S/C15H19Cl4NO2/c1-2-8(5-10(7-20)15(21)22)3-4-9-6-11(16)13(18)14(19)12(9)17/h6,8,10H,2-5,7,20H2,1H3,(H,21,22). The van der Waals surface area contributed by atoms with Crippen LogP contribution >= 0.6 is 46.4 Å². The second kappa shape index (κ2) is 9.19. The number of carbonyl (C=O) groups is 1. The third-order valence-corrected chi connectivity index (χ3v) is 5.62. The number of carboxylic acid groups (broad SMARTS) is 1. The highest BCUT2D eigenvalue weighted by Gasteiger charge is 2.21. The summed E-state index contributed by atoms with van der Waals surface area (Å²) < 4.78 is 0. The zero-order valence-electron chi connectivity index (χ0n) is 12.2. The highest BCUT2D eigenvalue weighted by atomic mass is 35.5. The normalized spacial score (nSPS) is 13.9. The maximum Gasteiger partial charge on any atom is 0.307 e. The van der Waals surface area contributed by atoms with Crippen LogP contribution in [-0.2, 0) is 11.2 Å². The summed E-state index contributed by atoms with van der Waals surface area (Å²) >= 11 is 24.2. The van der Waals surface area contributed by atoms with Crippen LogP contribution in [0.15, 0.2) is 6.07 Å². The van der Waals surface area contributed by atoms with Crippen molar-refractivity contribution in [3.05, 3.63) is 31.7 Å². The van der Waals surface area contributed by atoms with Crippen LogP contribution in [0.2, 0.25) is 20.1 Å². The van der Waals surface area contributed by atoms with Gasteiger partial charge in [0.2, 0.25) is 0 Å². The van der Waals surface area contributed by atoms with Gasteiger partial charge in [-0.25, -0.2) is 0 Å². The molecule has 0 aliphatic rings. The highest BCUT2D eigenvalue weighted by Crippen LogP contribution is 2.39. The maximum absolute atomic E-state index is 11.1. The van der Waals surface area contributed by atoms with Gasteiger partial charge in [0.15, 0.2) is 0 Å². The zero-order chi connectivity index (χ0) is 16.9. The molecule has 1 aromatic carbocycles. The van der Waals surface area contributed by atoms with Crippen molar-refractivity contribution in [3.63, 3.8) is 0 Å². The Bertz CT molecular complexity index is 537. The summed E-state index contributed by atoms with van der Waals surface area (Å²) in [5.41, 5.74) is 6.33. The molecular formula is C15H19Cl4NO2. The molecule has 1 aromatic rings. The predicted octanol–water partition coefficient (Wildman–Crippen LogP) is 5.31. The first-order chi connectivity index (χ1) is 10.3. The molecule has 0 bridgehead atoms. The summed E-state index contributed by atoms with van der Waals surface area (Å²) in [6, 6.07) is 1.71. The minimum atomic E-state index is -0.850. The van der Waals surface area contributed by atoms with Crippen LogP contribution in [0.25, 0.3) is 0 Å². The van der Waals surface area contributed by atoms with E-state index >= 15 is 0 Å². The van der Waals surface area contributed by atoms with Crippen molar-refractivity contribution < 1.29 is 9.90 Å². The van der Waals surface area contributed by atoms with Gasteiger partial charge in [-0.2, -0.15) is 0 Å². The zero-order valence-corrected chi connectivity index (χ0v) is 15.2. The average molecular weight is 387 g/mol. The number of halogens is 4. The molecular weight excluding hydrogens is 368 g/mol. The molecule has 7 heteroatoms. The van der Waals surface area contributed by atoms with Crippen molar-refractivity contribution in [1.29, 1.82) is 0 Å². The van der Waals surface area contributed by atoms with E-state index in [-0.39, 0.29) is 22.5 Å². The number of rotatable bonds is 8. The summed E-state index contributed by atoms with van der Waals surface area (Å²) in [6.45, 7) is 2.18. The quantitative estimate of drug-likeness (QED) is 0.470. The SMILES string of the molecule is CCC(CCc1cc(Cl)c(Cl)c(Cl)c1Cl)CC(CN)C(=O)O. The number of carboxylic acids is 1. The van der Waals surface area contributed by atoms with Gasteiger partial charge in [-0.05, 0) is 36.8 Å². The molecule has 0 amide bonds. The van der Waals surface area contributed by atoms with Crippen LogP contribution in [0.1, 0.15) is 31.7 Å². The number of hydrogen-bond donors (Lipinski definition) is 2. The molecule has 124 valence electrons. The Hall–Kier alpha value is -0.190. The van der Waals surface area contributed by atoms with Crippen LogP contribution < -0.4 is 5.73 Å². The molecule has 0 heterocycles. The van der Waals surface area contributed by atoms with E-state index in [1.807, 2.05) is 6.92 Å². The fourth-order valence-corrected chi connectivity index (χ4v) is 3.29. The summed E-state index contributed by atoms with van der Waals surface area (Å²) in [6.07, 6.45) is 2.87. The van der Waals surface area contributed by atoms with E-state index in [2.05, 4.69) is 0 Å². The summed E-state index contributed by atoms with van der Waals surface area (Å²) in [5.74, 6) is -1.12. The summed E-state index contributed by atoms with van der Waals surface area (Å²) in [7, 11) is 0. The van der Waals surface area contributed by atoms with E-state index in [0.717, 1.165) is 18.4 Å². The molecule has 0 aliphatic carbocycles. The monoisotopic (exact) mass is 385 g/mol. The largest absolute Gasteiger partial charge is 0.481 e. The molecule has 0 radical (unpaired) electrons. The molecule has 0 saturated carbocycles. The number of aliphatic carboxylic acids is 1. The molecule has 22 heavy (non-hydrogen) atoms. The fourth-order valence-electron chi connectivity index (χ4n) is 2.35. The van der Waals surface area contributed by atoms with Gasteiger partial charge < -0.3 is 10.8 Å². The minimum Gasteiger partial charge on any atom is -0.481 e. The van der Waals surface area contributed by atoms with Gasteiger partial charge in [0.1, 0.15) is 0 Å². The first kappa shape index (κ1) is 19.9. The van der Waals surface area contributed by atoms with Gasteiger partial charge >= 0.3 is 5.97 Å². The minimum absolute atomic E-state index is 0.144. The first-order valence-corrected chi connectivity index (χ1v) is 8.57. The predicted molar refractivity (Wildman–Crippen MR) is 93.4 cm³/mol. The third kappa shape index (κ3) is 5.17.